The van der Waals surface area contributed by atoms with Gasteiger partial charge in [-0.3, -0.25) is 4.79 Å². The molecule has 2 nitrogen and oxygen atoms in total. The zero-order chi connectivity index (χ0) is 11.4. The molecule has 1 aliphatic rings. The van der Waals surface area contributed by atoms with Crippen molar-refractivity contribution < 1.29 is 4.79 Å². The lowest BCUT2D eigenvalue weighted by atomic mass is 9.96. The van der Waals surface area contributed by atoms with Crippen molar-refractivity contribution in [2.24, 2.45) is 11.8 Å². The smallest absolute Gasteiger partial charge is 0.225 e. The maximum absolute atomic E-state index is 11.8. The molecule has 2 atom stereocenters. The maximum atomic E-state index is 11.8. The van der Waals surface area contributed by atoms with Gasteiger partial charge in [0.15, 0.2) is 0 Å². The van der Waals surface area contributed by atoms with Gasteiger partial charge in [-0.15, -0.1) is 23.5 Å². The normalized spacial score (nSPS) is 22.1. The average molecular weight is 247 g/mol. The van der Waals surface area contributed by atoms with Crippen LogP contribution in [-0.2, 0) is 4.79 Å². The molecule has 0 aromatic heterocycles. The number of hydrogen-bond acceptors (Lipinski definition) is 3. The third-order valence-corrected chi connectivity index (χ3v) is 6.28. The number of carbonyl (C=O) groups is 1. The van der Waals surface area contributed by atoms with Crippen LogP contribution >= 0.6 is 23.5 Å². The average Bonchev–Trinajstić information content (AvgIpc) is 2.27. The van der Waals surface area contributed by atoms with Gasteiger partial charge in [-0.05, 0) is 23.8 Å². The molecule has 2 unspecified atom stereocenters. The molecular formula is C11H21NOS2. The van der Waals surface area contributed by atoms with Gasteiger partial charge in [0.05, 0.1) is 4.58 Å². The Morgan fingerprint density at radius 1 is 1.27 bits per heavy atom. The lowest BCUT2D eigenvalue weighted by Crippen LogP contribution is -2.35. The summed E-state index contributed by atoms with van der Waals surface area (Å²) in [5.41, 5.74) is 0. The first-order valence-corrected chi connectivity index (χ1v) is 7.58. The van der Waals surface area contributed by atoms with Gasteiger partial charge in [-0.1, -0.05) is 13.8 Å². The van der Waals surface area contributed by atoms with E-state index in [1.54, 1.807) is 4.90 Å². The molecule has 4 heteroatoms. The monoisotopic (exact) mass is 247 g/mol. The molecule has 0 bridgehead atoms. The zero-order valence-electron chi connectivity index (χ0n) is 10.0. The highest BCUT2D eigenvalue weighted by atomic mass is 32.2. The first-order chi connectivity index (χ1) is 7.04. The predicted molar refractivity (Wildman–Crippen MR) is 70.3 cm³/mol. The molecule has 1 amide bonds. The van der Waals surface area contributed by atoms with E-state index in [9.17, 15) is 4.79 Å². The summed E-state index contributed by atoms with van der Waals surface area (Å²) < 4.78 is 0.609. The van der Waals surface area contributed by atoms with Crippen LogP contribution in [0.4, 0.5) is 0 Å². The highest BCUT2D eigenvalue weighted by Gasteiger charge is 2.30. The van der Waals surface area contributed by atoms with Crippen molar-refractivity contribution in [2.45, 2.75) is 24.9 Å². The molecule has 88 valence electrons. The quantitative estimate of drug-likeness (QED) is 0.764. The van der Waals surface area contributed by atoms with E-state index in [4.69, 9.17) is 0 Å². The summed E-state index contributed by atoms with van der Waals surface area (Å²) >= 11 is 4.04. The number of rotatable bonds is 3. The van der Waals surface area contributed by atoms with E-state index in [0.29, 0.717) is 10.5 Å². The van der Waals surface area contributed by atoms with E-state index < -0.39 is 0 Å². The number of hydrogen-bond donors (Lipinski definition) is 0. The third-order valence-electron chi connectivity index (χ3n) is 2.90. The fourth-order valence-corrected chi connectivity index (χ4v) is 4.99. The van der Waals surface area contributed by atoms with Crippen LogP contribution in [0.15, 0.2) is 0 Å². The Balaban J connectivity index is 2.50. The van der Waals surface area contributed by atoms with E-state index >= 15 is 0 Å². The minimum atomic E-state index is 0.142. The van der Waals surface area contributed by atoms with Crippen molar-refractivity contribution in [1.82, 2.24) is 4.90 Å². The molecule has 0 saturated carbocycles. The Labute approximate surface area is 102 Å². The standard InChI is InChI=1S/C11H21NOS2/c1-8(10(13)12(3)4)9(2)11-14-6-5-7-15-11/h8-9,11H,5-7H2,1-4H3. The molecule has 0 N–H and O–H groups in total. The van der Waals surface area contributed by atoms with Gasteiger partial charge in [0, 0.05) is 20.0 Å². The van der Waals surface area contributed by atoms with Gasteiger partial charge in [0.25, 0.3) is 0 Å². The topological polar surface area (TPSA) is 20.3 Å². The highest BCUT2D eigenvalue weighted by molar-refractivity contribution is 8.17. The molecule has 0 aromatic carbocycles. The largest absolute Gasteiger partial charge is 0.349 e. The number of thioether (sulfide) groups is 2. The molecule has 15 heavy (non-hydrogen) atoms. The van der Waals surface area contributed by atoms with E-state index in [0.717, 1.165) is 0 Å². The fourth-order valence-electron chi connectivity index (χ4n) is 1.68. The molecule has 0 aliphatic carbocycles. The lowest BCUT2D eigenvalue weighted by molar-refractivity contribution is -0.133. The Hall–Kier alpha value is 0.170. The lowest BCUT2D eigenvalue weighted by Gasteiger charge is -2.31. The van der Waals surface area contributed by atoms with Crippen molar-refractivity contribution in [1.29, 1.82) is 0 Å². The number of nitrogens with zero attached hydrogens (tertiary/aromatic N) is 1. The highest BCUT2D eigenvalue weighted by Crippen LogP contribution is 2.38. The summed E-state index contributed by atoms with van der Waals surface area (Å²) in [6, 6.07) is 0. The van der Waals surface area contributed by atoms with E-state index in [1.807, 2.05) is 37.6 Å². The first kappa shape index (κ1) is 13.2. The van der Waals surface area contributed by atoms with Crippen LogP contribution in [-0.4, -0.2) is 41.0 Å². The minimum absolute atomic E-state index is 0.142. The Morgan fingerprint density at radius 2 is 1.80 bits per heavy atom. The Bertz CT molecular complexity index is 215. The van der Waals surface area contributed by atoms with Crippen LogP contribution < -0.4 is 0 Å². The third kappa shape index (κ3) is 3.59. The van der Waals surface area contributed by atoms with Gasteiger partial charge < -0.3 is 4.90 Å². The summed E-state index contributed by atoms with van der Waals surface area (Å²) in [6.45, 7) is 4.27. The van der Waals surface area contributed by atoms with Crippen LogP contribution in [0.1, 0.15) is 20.3 Å². The molecule has 1 rings (SSSR count). The molecule has 0 radical (unpaired) electrons. The second-order valence-electron chi connectivity index (χ2n) is 4.34. The molecule has 0 spiro atoms. The minimum Gasteiger partial charge on any atom is -0.349 e. The van der Waals surface area contributed by atoms with Crippen LogP contribution in [0, 0.1) is 11.8 Å². The van der Waals surface area contributed by atoms with Gasteiger partial charge in [-0.25, -0.2) is 0 Å². The van der Waals surface area contributed by atoms with E-state index in [-0.39, 0.29) is 11.8 Å². The molecule has 1 heterocycles. The Kier molecular flexibility index (Phi) is 5.33. The van der Waals surface area contributed by atoms with Gasteiger partial charge in [-0.2, -0.15) is 0 Å². The van der Waals surface area contributed by atoms with Gasteiger partial charge in [0.2, 0.25) is 5.91 Å². The molecule has 1 saturated heterocycles. The van der Waals surface area contributed by atoms with Crippen LogP contribution in [0.2, 0.25) is 0 Å². The first-order valence-electron chi connectivity index (χ1n) is 5.48. The second-order valence-corrected chi connectivity index (χ2v) is 7.14. The molecule has 1 fully saturated rings. The molecule has 1 aliphatic heterocycles. The predicted octanol–water partition coefficient (Wildman–Crippen LogP) is 2.54. The van der Waals surface area contributed by atoms with Crippen LogP contribution in [0.25, 0.3) is 0 Å². The molecular weight excluding hydrogens is 226 g/mol. The summed E-state index contributed by atoms with van der Waals surface area (Å²) in [7, 11) is 3.68. The van der Waals surface area contributed by atoms with Crippen molar-refractivity contribution in [3.05, 3.63) is 0 Å². The van der Waals surface area contributed by atoms with Crippen molar-refractivity contribution in [2.75, 3.05) is 25.6 Å². The van der Waals surface area contributed by atoms with E-state index in [2.05, 4.69) is 13.8 Å². The SMILES string of the molecule is CC(C(=O)N(C)C)C(C)C1SCCCS1. The Morgan fingerprint density at radius 3 is 2.27 bits per heavy atom. The van der Waals surface area contributed by atoms with Gasteiger partial charge in [0.1, 0.15) is 0 Å². The zero-order valence-corrected chi connectivity index (χ0v) is 11.7. The second kappa shape index (κ2) is 6.04. The number of carbonyl (C=O) groups excluding carboxylic acids is 1. The number of amides is 1. The van der Waals surface area contributed by atoms with Crippen LogP contribution in [0.5, 0.6) is 0 Å². The van der Waals surface area contributed by atoms with Crippen molar-refractivity contribution in [3.63, 3.8) is 0 Å². The summed E-state index contributed by atoms with van der Waals surface area (Å²) in [5, 5.41) is 0. The van der Waals surface area contributed by atoms with Crippen LogP contribution in [0.3, 0.4) is 0 Å². The van der Waals surface area contributed by atoms with Gasteiger partial charge >= 0.3 is 0 Å². The molecule has 0 aromatic rings. The summed E-state index contributed by atoms with van der Waals surface area (Å²) in [4.78, 5) is 13.5. The maximum Gasteiger partial charge on any atom is 0.225 e. The fraction of sp³-hybridized carbons (Fsp3) is 0.909. The summed E-state index contributed by atoms with van der Waals surface area (Å²) in [5.74, 6) is 3.38. The summed E-state index contributed by atoms with van der Waals surface area (Å²) in [6.07, 6.45) is 1.31. The van der Waals surface area contributed by atoms with E-state index in [1.165, 1.54) is 17.9 Å². The van der Waals surface area contributed by atoms with Crippen molar-refractivity contribution in [3.8, 4) is 0 Å². The van der Waals surface area contributed by atoms with Crippen molar-refractivity contribution >= 4 is 29.4 Å².